The van der Waals surface area contributed by atoms with Crippen molar-refractivity contribution in [1.82, 2.24) is 0 Å². The maximum Gasteiger partial charge on any atom is 0.342 e. The van der Waals surface area contributed by atoms with Crippen molar-refractivity contribution in [2.45, 2.75) is 25.7 Å². The fourth-order valence-corrected chi connectivity index (χ4v) is 2.33. The number of hydrogen-bond donors (Lipinski definition) is 1. The highest BCUT2D eigenvalue weighted by Crippen LogP contribution is 2.28. The van der Waals surface area contributed by atoms with Crippen molar-refractivity contribution in [1.29, 1.82) is 0 Å². The normalized spacial score (nSPS) is 15.4. The van der Waals surface area contributed by atoms with E-state index in [-0.39, 0.29) is 5.56 Å². The van der Waals surface area contributed by atoms with Gasteiger partial charge in [0.05, 0.1) is 11.5 Å². The summed E-state index contributed by atoms with van der Waals surface area (Å²) in [6.45, 7) is 0.539. The van der Waals surface area contributed by atoms with Crippen LogP contribution in [0, 0.1) is 16.0 Å². The van der Waals surface area contributed by atoms with Crippen LogP contribution in [0.2, 0.25) is 0 Å². The van der Waals surface area contributed by atoms with Gasteiger partial charge in [-0.2, -0.15) is 0 Å². The molecule has 1 aliphatic carbocycles. The lowest BCUT2D eigenvalue weighted by Crippen LogP contribution is -2.09. The molecule has 1 aromatic carbocycles. The summed E-state index contributed by atoms with van der Waals surface area (Å²) in [6.07, 6.45) is 4.65. The highest BCUT2D eigenvalue weighted by molar-refractivity contribution is 5.92. The van der Waals surface area contributed by atoms with Gasteiger partial charge >= 0.3 is 5.97 Å². The molecule has 19 heavy (non-hydrogen) atoms. The number of hydrogen-bond acceptors (Lipinski definition) is 4. The van der Waals surface area contributed by atoms with E-state index in [1.807, 2.05) is 0 Å². The number of nitrogens with zero attached hydrogens (tertiary/aromatic N) is 1. The van der Waals surface area contributed by atoms with E-state index in [1.165, 1.54) is 31.0 Å². The predicted molar refractivity (Wildman–Crippen MR) is 67.5 cm³/mol. The minimum atomic E-state index is -1.32. The monoisotopic (exact) mass is 265 g/mol. The predicted octanol–water partition coefficient (Wildman–Crippen LogP) is 2.86. The van der Waals surface area contributed by atoms with Crippen LogP contribution in [-0.2, 0) is 0 Å². The summed E-state index contributed by atoms with van der Waals surface area (Å²) in [5.74, 6) is -0.448. The molecule has 1 N–H and O–H groups in total. The van der Waals surface area contributed by atoms with Gasteiger partial charge < -0.3 is 9.84 Å². The standard InChI is InChI=1S/C13H15NO5/c15-13(16)11-7-10(5-6-12(11)14(17)18)19-8-9-3-1-2-4-9/h5-7,9H,1-4,8H2,(H,15,16). The minimum absolute atomic E-state index is 0.339. The molecule has 0 heterocycles. The number of nitro groups is 1. The average molecular weight is 265 g/mol. The first-order valence-corrected chi connectivity index (χ1v) is 6.22. The first-order valence-electron chi connectivity index (χ1n) is 6.22. The molecule has 1 fully saturated rings. The van der Waals surface area contributed by atoms with Gasteiger partial charge in [0.15, 0.2) is 0 Å². The zero-order chi connectivity index (χ0) is 13.8. The van der Waals surface area contributed by atoms with Crippen molar-refractivity contribution in [2.24, 2.45) is 5.92 Å². The number of benzene rings is 1. The number of carboxylic acids is 1. The van der Waals surface area contributed by atoms with E-state index in [9.17, 15) is 14.9 Å². The summed E-state index contributed by atoms with van der Waals surface area (Å²) in [5.41, 5.74) is -0.755. The smallest absolute Gasteiger partial charge is 0.342 e. The summed E-state index contributed by atoms with van der Waals surface area (Å²) >= 11 is 0. The second kappa shape index (κ2) is 5.69. The van der Waals surface area contributed by atoms with E-state index in [0.29, 0.717) is 18.3 Å². The highest BCUT2D eigenvalue weighted by atomic mass is 16.6. The Labute approximate surface area is 110 Å². The molecule has 0 unspecified atom stereocenters. The van der Waals surface area contributed by atoms with E-state index in [1.54, 1.807) is 0 Å². The largest absolute Gasteiger partial charge is 0.493 e. The Bertz CT molecular complexity index is 494. The summed E-state index contributed by atoms with van der Waals surface area (Å²) in [5, 5.41) is 19.7. The van der Waals surface area contributed by atoms with Gasteiger partial charge in [0, 0.05) is 12.1 Å². The molecule has 0 aliphatic heterocycles. The van der Waals surface area contributed by atoms with E-state index in [0.717, 1.165) is 12.8 Å². The van der Waals surface area contributed by atoms with Gasteiger partial charge in [0.25, 0.3) is 5.69 Å². The molecule has 1 saturated carbocycles. The summed E-state index contributed by atoms with van der Waals surface area (Å²) in [4.78, 5) is 21.0. The molecule has 6 heteroatoms. The first kappa shape index (κ1) is 13.3. The molecule has 0 aromatic heterocycles. The molecular weight excluding hydrogens is 250 g/mol. The van der Waals surface area contributed by atoms with Crippen LogP contribution in [0.3, 0.4) is 0 Å². The van der Waals surface area contributed by atoms with E-state index < -0.39 is 16.6 Å². The molecule has 2 rings (SSSR count). The molecule has 1 aromatic rings. The Morgan fingerprint density at radius 2 is 2.11 bits per heavy atom. The Morgan fingerprint density at radius 3 is 2.68 bits per heavy atom. The third-order valence-corrected chi connectivity index (χ3v) is 3.36. The summed E-state index contributed by atoms with van der Waals surface area (Å²) in [6, 6.07) is 3.84. The molecule has 6 nitrogen and oxygen atoms in total. The molecular formula is C13H15NO5. The molecule has 0 saturated heterocycles. The van der Waals surface area contributed by atoms with Crippen molar-refractivity contribution in [2.75, 3.05) is 6.61 Å². The highest BCUT2D eigenvalue weighted by Gasteiger charge is 2.21. The van der Waals surface area contributed by atoms with Crippen molar-refractivity contribution in [3.05, 3.63) is 33.9 Å². The molecule has 1 aliphatic rings. The SMILES string of the molecule is O=C(O)c1cc(OCC2CCCC2)ccc1[N+](=O)[O-]. The number of aromatic carboxylic acids is 1. The molecule has 0 atom stereocenters. The summed E-state index contributed by atoms with van der Waals surface area (Å²) in [7, 11) is 0. The van der Waals surface area contributed by atoms with Crippen LogP contribution in [0.15, 0.2) is 18.2 Å². The average Bonchev–Trinajstić information content (AvgIpc) is 2.88. The molecule has 0 spiro atoms. The Kier molecular flexibility index (Phi) is 3.99. The van der Waals surface area contributed by atoms with Gasteiger partial charge in [-0.3, -0.25) is 10.1 Å². The van der Waals surface area contributed by atoms with Crippen LogP contribution < -0.4 is 4.74 Å². The fraction of sp³-hybridized carbons (Fsp3) is 0.462. The van der Waals surface area contributed by atoms with Gasteiger partial charge in [-0.15, -0.1) is 0 Å². The molecule has 102 valence electrons. The van der Waals surface area contributed by atoms with Crippen LogP contribution in [0.5, 0.6) is 5.75 Å². The van der Waals surface area contributed by atoms with Gasteiger partial charge in [-0.25, -0.2) is 4.79 Å². The van der Waals surface area contributed by atoms with E-state index >= 15 is 0 Å². The number of carbonyl (C=O) groups is 1. The zero-order valence-electron chi connectivity index (χ0n) is 10.4. The number of ether oxygens (including phenoxy) is 1. The Hall–Kier alpha value is -2.11. The molecule has 0 amide bonds. The van der Waals surface area contributed by atoms with E-state index in [2.05, 4.69) is 0 Å². The van der Waals surface area contributed by atoms with Crippen LogP contribution in [-0.4, -0.2) is 22.6 Å². The minimum Gasteiger partial charge on any atom is -0.493 e. The summed E-state index contributed by atoms with van der Waals surface area (Å²) < 4.78 is 5.53. The third-order valence-electron chi connectivity index (χ3n) is 3.36. The third kappa shape index (κ3) is 3.21. The second-order valence-electron chi connectivity index (χ2n) is 4.70. The molecule has 0 bridgehead atoms. The Balaban J connectivity index is 2.11. The number of carboxylic acid groups (broad SMARTS) is 1. The van der Waals surface area contributed by atoms with Crippen molar-refractivity contribution in [3.63, 3.8) is 0 Å². The fourth-order valence-electron chi connectivity index (χ4n) is 2.33. The lowest BCUT2D eigenvalue weighted by atomic mass is 10.1. The maximum atomic E-state index is 11.0. The van der Waals surface area contributed by atoms with Gasteiger partial charge in [-0.1, -0.05) is 12.8 Å². The number of rotatable bonds is 5. The van der Waals surface area contributed by atoms with Crippen molar-refractivity contribution < 1.29 is 19.6 Å². The van der Waals surface area contributed by atoms with Crippen LogP contribution in [0.25, 0.3) is 0 Å². The lowest BCUT2D eigenvalue weighted by Gasteiger charge is -2.11. The number of nitro benzene ring substituents is 1. The van der Waals surface area contributed by atoms with Gasteiger partial charge in [0.2, 0.25) is 0 Å². The Morgan fingerprint density at radius 1 is 1.42 bits per heavy atom. The van der Waals surface area contributed by atoms with Gasteiger partial charge in [0.1, 0.15) is 11.3 Å². The van der Waals surface area contributed by atoms with Gasteiger partial charge in [-0.05, 0) is 24.8 Å². The lowest BCUT2D eigenvalue weighted by molar-refractivity contribution is -0.385. The second-order valence-corrected chi connectivity index (χ2v) is 4.70. The van der Waals surface area contributed by atoms with Crippen LogP contribution in [0.1, 0.15) is 36.0 Å². The quantitative estimate of drug-likeness (QED) is 0.653. The maximum absolute atomic E-state index is 11.0. The van der Waals surface area contributed by atoms with Crippen LogP contribution >= 0.6 is 0 Å². The first-order chi connectivity index (χ1) is 9.08. The van der Waals surface area contributed by atoms with Crippen LogP contribution in [0.4, 0.5) is 5.69 Å². The zero-order valence-corrected chi connectivity index (χ0v) is 10.4. The van der Waals surface area contributed by atoms with E-state index in [4.69, 9.17) is 9.84 Å². The molecule has 0 radical (unpaired) electrons. The topological polar surface area (TPSA) is 89.7 Å². The van der Waals surface area contributed by atoms with Crippen molar-refractivity contribution >= 4 is 11.7 Å². The van der Waals surface area contributed by atoms with Crippen molar-refractivity contribution in [3.8, 4) is 5.75 Å².